The van der Waals surface area contributed by atoms with Gasteiger partial charge in [0.05, 0.1) is 12.0 Å². The number of aliphatic carboxylic acids is 1. The van der Waals surface area contributed by atoms with E-state index >= 15 is 0 Å². The van der Waals surface area contributed by atoms with Gasteiger partial charge in [0.25, 0.3) is 0 Å². The lowest BCUT2D eigenvalue weighted by Gasteiger charge is -2.30. The van der Waals surface area contributed by atoms with Gasteiger partial charge in [0.2, 0.25) is 17.7 Å². The minimum atomic E-state index is -0.897. The van der Waals surface area contributed by atoms with Crippen molar-refractivity contribution in [2.75, 3.05) is 49.2 Å². The van der Waals surface area contributed by atoms with Crippen molar-refractivity contribution in [3.8, 4) is 11.5 Å². The average Bonchev–Trinajstić information content (AvgIpc) is 4.10. The molecule has 2 aliphatic heterocycles. The number of benzene rings is 4. The van der Waals surface area contributed by atoms with Crippen LogP contribution in [-0.2, 0) is 19.2 Å². The van der Waals surface area contributed by atoms with E-state index in [9.17, 15) is 24.3 Å². The topological polar surface area (TPSA) is 193 Å². The predicted octanol–water partition coefficient (Wildman–Crippen LogP) is 8.48. The zero-order chi connectivity index (χ0) is 44.9. The highest BCUT2D eigenvalue weighted by Crippen LogP contribution is 2.36. The number of nitrogens with one attached hydrogen (secondary N) is 3. The van der Waals surface area contributed by atoms with Crippen molar-refractivity contribution >= 4 is 75.6 Å². The van der Waals surface area contributed by atoms with Gasteiger partial charge in [0.15, 0.2) is 11.5 Å². The molecule has 2 heterocycles. The summed E-state index contributed by atoms with van der Waals surface area (Å²) >= 11 is 17.2. The lowest BCUT2D eigenvalue weighted by atomic mass is 9.98. The Bertz CT molecular complexity index is 2130. The smallest absolute Gasteiger partial charge is 0.306 e. The third kappa shape index (κ3) is 14.2. The Morgan fingerprint density at radius 1 is 0.651 bits per heavy atom. The molecule has 2 aliphatic carbocycles. The number of aliphatic hydroxyl groups is 1. The van der Waals surface area contributed by atoms with E-state index in [0.717, 1.165) is 36.6 Å². The maximum Gasteiger partial charge on any atom is 0.306 e. The molecule has 8 rings (SSSR count). The molecule has 336 valence electrons. The quantitative estimate of drug-likeness (QED) is 0.0796. The number of halogens is 3. The van der Waals surface area contributed by atoms with Crippen LogP contribution in [-0.4, -0.2) is 77.7 Å². The van der Waals surface area contributed by atoms with Crippen LogP contribution in [0.5, 0.6) is 11.5 Å². The number of hydrogen-bond acceptors (Lipinski definition) is 9. The molecule has 0 radical (unpaired) electrons. The number of carboxylic acid groups (broad SMARTS) is 1. The van der Waals surface area contributed by atoms with E-state index in [2.05, 4.69) is 20.9 Å². The number of amides is 3. The SMILES string of the molecule is Nc1ccc(Cl)cc1.O=C(Nc1ccc(Cl)cc1)C1CCC(C(=O)N[C@H](CN2CCCC2)[C@H](O)c2ccc3c(c2)OCCO3)C1.O=C(O)C1CCC(C(=O)Nc2ccc(Cl)cc2)C1. The van der Waals surface area contributed by atoms with Gasteiger partial charge in [-0.2, -0.15) is 0 Å². The molecule has 2 saturated carbocycles. The molecule has 1 saturated heterocycles. The fraction of sp³-hybridized carbons (Fsp3) is 0.404. The van der Waals surface area contributed by atoms with Crippen LogP contribution in [0.25, 0.3) is 0 Å². The van der Waals surface area contributed by atoms with Crippen molar-refractivity contribution in [2.45, 2.75) is 63.5 Å². The maximum atomic E-state index is 13.3. The van der Waals surface area contributed by atoms with E-state index in [0.29, 0.717) is 96.8 Å². The number of carbonyl (C=O) groups is 4. The number of aliphatic hydroxyl groups excluding tert-OH is 1. The lowest BCUT2D eigenvalue weighted by Crippen LogP contribution is -2.48. The summed E-state index contributed by atoms with van der Waals surface area (Å²) in [7, 11) is 0. The molecule has 4 aromatic carbocycles. The number of rotatable bonds is 11. The number of nitrogens with zero attached hydrogens (tertiary/aromatic N) is 1. The molecule has 4 aliphatic rings. The molecule has 0 bridgehead atoms. The number of hydrogen-bond donors (Lipinski definition) is 6. The van der Waals surface area contributed by atoms with Gasteiger partial charge in [0, 0.05) is 56.4 Å². The summed E-state index contributed by atoms with van der Waals surface area (Å²) in [5, 5.41) is 31.0. The highest BCUT2D eigenvalue weighted by Gasteiger charge is 2.37. The first kappa shape index (κ1) is 47.4. The minimum absolute atomic E-state index is 0.0810. The number of fused-ring (bicyclic) bond motifs is 1. The fourth-order valence-corrected chi connectivity index (χ4v) is 8.54. The van der Waals surface area contributed by atoms with Crippen LogP contribution >= 0.6 is 34.8 Å². The highest BCUT2D eigenvalue weighted by atomic mass is 35.5. The molecule has 4 unspecified atom stereocenters. The molecule has 3 amide bonds. The van der Waals surface area contributed by atoms with E-state index < -0.39 is 18.1 Å². The molecule has 0 aromatic heterocycles. The molecule has 6 atom stereocenters. The third-order valence-electron chi connectivity index (χ3n) is 11.7. The van der Waals surface area contributed by atoms with Gasteiger partial charge in [-0.3, -0.25) is 19.2 Å². The van der Waals surface area contributed by atoms with Gasteiger partial charge >= 0.3 is 5.97 Å². The first-order valence-corrected chi connectivity index (χ1v) is 22.4. The Morgan fingerprint density at radius 2 is 1.11 bits per heavy atom. The first-order chi connectivity index (χ1) is 30.3. The van der Waals surface area contributed by atoms with E-state index in [1.807, 2.05) is 12.1 Å². The molecule has 0 spiro atoms. The predicted molar refractivity (Wildman–Crippen MR) is 245 cm³/mol. The monoisotopic (exact) mass is 921 g/mol. The van der Waals surface area contributed by atoms with Gasteiger partial charge in [-0.15, -0.1) is 0 Å². The standard InChI is InChI=1S/C28H34ClN3O5.C13H14ClNO3.C6H6ClN/c29-21-6-8-22(9-7-21)30-27(34)19-3-4-20(15-19)28(35)31-23(17-32-11-1-2-12-32)26(33)18-5-10-24-25(16-18)37-14-13-36-24;14-10-3-5-11(6-4-10)15-12(16)8-1-2-9(7-8)13(17)18;7-5-1-3-6(8)4-2-5/h5-10,16,19-20,23,26,33H,1-4,11-15,17H2,(H,30,34)(H,31,35);3-6,8-9H,1-2,7H2,(H,15,16)(H,17,18);1-4H,8H2/t19?,20?,23-,26-;;/m1../s1. The van der Waals surface area contributed by atoms with Crippen molar-refractivity contribution < 1.29 is 38.9 Å². The van der Waals surface area contributed by atoms with Crippen molar-refractivity contribution in [3.63, 3.8) is 0 Å². The number of ether oxygens (including phenoxy) is 2. The van der Waals surface area contributed by atoms with E-state index in [1.54, 1.807) is 78.9 Å². The number of likely N-dealkylation sites (tertiary alicyclic amines) is 1. The minimum Gasteiger partial charge on any atom is -0.486 e. The van der Waals surface area contributed by atoms with E-state index in [-0.39, 0.29) is 41.4 Å². The first-order valence-electron chi connectivity index (χ1n) is 21.3. The molecular weight excluding hydrogens is 869 g/mol. The van der Waals surface area contributed by atoms with Gasteiger partial charge in [-0.1, -0.05) is 40.9 Å². The summed E-state index contributed by atoms with van der Waals surface area (Å²) in [4.78, 5) is 51.1. The molecule has 4 aromatic rings. The summed E-state index contributed by atoms with van der Waals surface area (Å²) in [6.07, 6.45) is 4.76. The van der Waals surface area contributed by atoms with Gasteiger partial charge in [-0.25, -0.2) is 0 Å². The second-order valence-corrected chi connectivity index (χ2v) is 17.6. The Morgan fingerprint density at radius 3 is 1.60 bits per heavy atom. The second-order valence-electron chi connectivity index (χ2n) is 16.3. The lowest BCUT2D eigenvalue weighted by molar-refractivity contribution is -0.141. The number of nitrogens with two attached hydrogens (primary N) is 1. The summed E-state index contributed by atoms with van der Waals surface area (Å²) in [6, 6.07) is 25.9. The van der Waals surface area contributed by atoms with Crippen LogP contribution < -0.4 is 31.2 Å². The molecule has 7 N–H and O–H groups in total. The number of carbonyl (C=O) groups excluding carboxylic acids is 3. The zero-order valence-electron chi connectivity index (χ0n) is 34.8. The largest absolute Gasteiger partial charge is 0.486 e. The zero-order valence-corrected chi connectivity index (χ0v) is 37.1. The Kier molecular flexibility index (Phi) is 17.4. The normalized spacial score (nSPS) is 21.1. The molecule has 3 fully saturated rings. The Balaban J connectivity index is 0.000000208. The van der Waals surface area contributed by atoms with Crippen molar-refractivity contribution in [3.05, 3.63) is 112 Å². The average molecular weight is 923 g/mol. The van der Waals surface area contributed by atoms with Crippen LogP contribution in [0.2, 0.25) is 15.1 Å². The fourth-order valence-electron chi connectivity index (χ4n) is 8.16. The molecule has 16 heteroatoms. The van der Waals surface area contributed by atoms with Crippen molar-refractivity contribution in [1.82, 2.24) is 10.2 Å². The van der Waals surface area contributed by atoms with Crippen LogP contribution in [0.4, 0.5) is 17.1 Å². The van der Waals surface area contributed by atoms with Crippen molar-refractivity contribution in [1.29, 1.82) is 0 Å². The van der Waals surface area contributed by atoms with E-state index in [1.165, 1.54) is 0 Å². The Hall–Kier alpha value is -5.05. The number of carboxylic acids is 1. The van der Waals surface area contributed by atoms with Crippen molar-refractivity contribution in [2.24, 2.45) is 23.7 Å². The second kappa shape index (κ2) is 23.0. The highest BCUT2D eigenvalue weighted by molar-refractivity contribution is 6.31. The van der Waals surface area contributed by atoms with Crippen LogP contribution in [0.1, 0.15) is 63.0 Å². The maximum absolute atomic E-state index is 13.3. The summed E-state index contributed by atoms with van der Waals surface area (Å²) in [6.45, 7) is 3.44. The molecule has 13 nitrogen and oxygen atoms in total. The summed E-state index contributed by atoms with van der Waals surface area (Å²) < 4.78 is 11.3. The summed E-state index contributed by atoms with van der Waals surface area (Å²) in [5.41, 5.74) is 8.17. The van der Waals surface area contributed by atoms with Gasteiger partial charge in [0.1, 0.15) is 19.3 Å². The van der Waals surface area contributed by atoms with Gasteiger partial charge in [-0.05, 0) is 155 Å². The number of anilines is 3. The Labute approximate surface area is 382 Å². The summed E-state index contributed by atoms with van der Waals surface area (Å²) in [5.74, 6) is -0.924. The van der Waals surface area contributed by atoms with E-state index in [4.69, 9.17) is 55.1 Å². The van der Waals surface area contributed by atoms with Crippen LogP contribution in [0, 0.1) is 23.7 Å². The molecular formula is C47H54Cl3N5O8. The number of nitrogen functional groups attached to an aromatic ring is 1. The van der Waals surface area contributed by atoms with Gasteiger partial charge < -0.3 is 46.3 Å². The van der Waals surface area contributed by atoms with Crippen LogP contribution in [0.3, 0.4) is 0 Å². The van der Waals surface area contributed by atoms with Crippen LogP contribution in [0.15, 0.2) is 91.0 Å². The molecule has 63 heavy (non-hydrogen) atoms. The third-order valence-corrected chi connectivity index (χ3v) is 12.4.